The summed E-state index contributed by atoms with van der Waals surface area (Å²) in [4.78, 5) is 25.1. The largest absolute Gasteiger partial charge is 0.395 e. The normalized spacial score (nSPS) is 12.1. The van der Waals surface area contributed by atoms with Crippen LogP contribution in [-0.4, -0.2) is 44.7 Å². The van der Waals surface area contributed by atoms with E-state index in [-0.39, 0.29) is 19.7 Å². The van der Waals surface area contributed by atoms with Crippen molar-refractivity contribution in [3.05, 3.63) is 28.8 Å². The topological polar surface area (TPSA) is 110 Å². The highest BCUT2D eigenvalue weighted by atomic mass is 16.6. The molecule has 0 fully saturated rings. The summed E-state index contributed by atoms with van der Waals surface area (Å²) >= 11 is 0. The van der Waals surface area contributed by atoms with Gasteiger partial charge in [-0.15, -0.1) is 0 Å². The van der Waals surface area contributed by atoms with Crippen LogP contribution in [0.1, 0.15) is 0 Å². The molecule has 1 aromatic heterocycles. The van der Waals surface area contributed by atoms with Crippen LogP contribution in [0.3, 0.4) is 0 Å². The first-order valence-electron chi connectivity index (χ1n) is 4.63. The van der Waals surface area contributed by atoms with Crippen molar-refractivity contribution in [1.82, 2.24) is 14.9 Å². The first-order chi connectivity index (χ1) is 7.65. The number of aliphatic hydroxyl groups is 1. The number of imidazole rings is 1. The Morgan fingerprint density at radius 2 is 2.44 bits per heavy atom. The second-order valence-corrected chi connectivity index (χ2v) is 3.08. The van der Waals surface area contributed by atoms with Gasteiger partial charge in [0.15, 0.2) is 0 Å². The second kappa shape index (κ2) is 5.81. The number of nitrogens with one attached hydrogen (secondary N) is 1. The fourth-order valence-electron chi connectivity index (χ4n) is 1.14. The van der Waals surface area contributed by atoms with Crippen molar-refractivity contribution < 1.29 is 14.8 Å². The number of carbonyl (C=O) groups excluding carboxylic acids is 1. The molecule has 0 radical (unpaired) electrons. The molecular formula is C8H12N4O4. The summed E-state index contributed by atoms with van der Waals surface area (Å²) in [5.74, 6) is -0.715. The van der Waals surface area contributed by atoms with Crippen molar-refractivity contribution in [1.29, 1.82) is 0 Å². The minimum absolute atomic E-state index is 0.00705. The van der Waals surface area contributed by atoms with Gasteiger partial charge >= 0.3 is 6.04 Å². The van der Waals surface area contributed by atoms with E-state index in [0.29, 0.717) is 0 Å². The maximum Gasteiger partial charge on any atom is 0.307 e. The molecule has 0 aliphatic carbocycles. The molecule has 1 heterocycles. The lowest BCUT2D eigenvalue weighted by molar-refractivity contribution is -0.509. The molecule has 1 amide bonds. The van der Waals surface area contributed by atoms with Gasteiger partial charge in [-0.3, -0.25) is 14.9 Å². The summed E-state index contributed by atoms with van der Waals surface area (Å²) < 4.78 is 1.45. The fourth-order valence-corrected chi connectivity index (χ4v) is 1.14. The Morgan fingerprint density at radius 3 is 2.94 bits per heavy atom. The van der Waals surface area contributed by atoms with E-state index in [0.717, 1.165) is 0 Å². The van der Waals surface area contributed by atoms with Gasteiger partial charge < -0.3 is 15.0 Å². The molecule has 0 saturated carbocycles. The maximum atomic E-state index is 11.4. The molecule has 1 unspecified atom stereocenters. The summed E-state index contributed by atoms with van der Waals surface area (Å²) in [5.41, 5.74) is 0. The monoisotopic (exact) mass is 228 g/mol. The molecule has 1 aromatic rings. The number of aliphatic hydroxyl groups excluding tert-OH is 1. The van der Waals surface area contributed by atoms with Crippen molar-refractivity contribution in [2.75, 3.05) is 13.2 Å². The predicted octanol–water partition coefficient (Wildman–Crippen LogP) is -1.36. The molecule has 16 heavy (non-hydrogen) atoms. The van der Waals surface area contributed by atoms with Crippen LogP contribution in [0, 0.1) is 10.1 Å². The smallest absolute Gasteiger partial charge is 0.307 e. The number of hydrogen-bond donors (Lipinski definition) is 2. The van der Waals surface area contributed by atoms with E-state index >= 15 is 0 Å². The number of nitrogens with zero attached hydrogens (tertiary/aromatic N) is 3. The summed E-state index contributed by atoms with van der Waals surface area (Å²) in [6.45, 7) is -0.321. The third kappa shape index (κ3) is 3.31. The zero-order chi connectivity index (χ0) is 12.0. The van der Waals surface area contributed by atoms with E-state index < -0.39 is 16.9 Å². The van der Waals surface area contributed by atoms with E-state index in [1.54, 1.807) is 0 Å². The third-order valence-corrected chi connectivity index (χ3v) is 1.91. The quantitative estimate of drug-likeness (QED) is 0.461. The summed E-state index contributed by atoms with van der Waals surface area (Å²) in [5, 5.41) is 21.4. The molecule has 1 rings (SSSR count). The van der Waals surface area contributed by atoms with Gasteiger partial charge in [0, 0.05) is 23.9 Å². The lowest BCUT2D eigenvalue weighted by Gasteiger charge is -2.09. The molecule has 88 valence electrons. The van der Waals surface area contributed by atoms with Crippen molar-refractivity contribution in [3.63, 3.8) is 0 Å². The zero-order valence-electron chi connectivity index (χ0n) is 8.44. The van der Waals surface area contributed by atoms with Gasteiger partial charge in [-0.1, -0.05) is 0 Å². The minimum atomic E-state index is -1.37. The number of rotatable bonds is 6. The van der Waals surface area contributed by atoms with Crippen molar-refractivity contribution in [2.45, 2.75) is 12.6 Å². The van der Waals surface area contributed by atoms with Gasteiger partial charge in [-0.05, 0) is 0 Å². The number of aromatic nitrogens is 2. The van der Waals surface area contributed by atoms with Crippen LogP contribution in [-0.2, 0) is 11.3 Å². The molecule has 0 aliphatic heterocycles. The van der Waals surface area contributed by atoms with Crippen molar-refractivity contribution in [2.24, 2.45) is 0 Å². The molecule has 0 aliphatic rings. The van der Waals surface area contributed by atoms with Gasteiger partial charge in [0.05, 0.1) is 12.9 Å². The molecular weight excluding hydrogens is 216 g/mol. The fraction of sp³-hybridized carbons (Fsp3) is 0.500. The average molecular weight is 228 g/mol. The Balaban J connectivity index is 2.60. The highest BCUT2D eigenvalue weighted by molar-refractivity contribution is 5.80. The second-order valence-electron chi connectivity index (χ2n) is 3.08. The van der Waals surface area contributed by atoms with Crippen molar-refractivity contribution in [3.8, 4) is 0 Å². The van der Waals surface area contributed by atoms with E-state index in [1.807, 2.05) is 0 Å². The number of amides is 1. The zero-order valence-corrected chi connectivity index (χ0v) is 8.44. The summed E-state index contributed by atoms with van der Waals surface area (Å²) in [6, 6.07) is -1.37. The standard InChI is InChI=1S/C8H12N4O4/c13-4-2-10-8(14)7(12(15)16)5-11-3-1-9-6-11/h1,3,6-7,13H,2,4-5H2,(H,10,14). The Bertz CT molecular complexity index is 351. The van der Waals surface area contributed by atoms with Gasteiger partial charge in [-0.25, -0.2) is 4.98 Å². The number of nitro groups is 1. The molecule has 0 spiro atoms. The average Bonchev–Trinajstić information content (AvgIpc) is 2.74. The van der Waals surface area contributed by atoms with Gasteiger partial charge in [0.1, 0.15) is 6.54 Å². The van der Waals surface area contributed by atoms with E-state index in [9.17, 15) is 14.9 Å². The van der Waals surface area contributed by atoms with Crippen LogP contribution in [0.2, 0.25) is 0 Å². The molecule has 0 saturated heterocycles. The lowest BCUT2D eigenvalue weighted by atomic mass is 10.3. The predicted molar refractivity (Wildman–Crippen MR) is 53.1 cm³/mol. The third-order valence-electron chi connectivity index (χ3n) is 1.91. The number of carbonyl (C=O) groups is 1. The Morgan fingerprint density at radius 1 is 1.69 bits per heavy atom. The van der Waals surface area contributed by atoms with Gasteiger partial charge in [0.2, 0.25) is 0 Å². The first-order valence-corrected chi connectivity index (χ1v) is 4.63. The Hall–Kier alpha value is -1.96. The molecule has 8 nitrogen and oxygen atoms in total. The van der Waals surface area contributed by atoms with Crippen LogP contribution < -0.4 is 5.32 Å². The van der Waals surface area contributed by atoms with Crippen LogP contribution in [0.5, 0.6) is 0 Å². The molecule has 0 aromatic carbocycles. The van der Waals surface area contributed by atoms with E-state index in [1.165, 1.54) is 23.3 Å². The van der Waals surface area contributed by atoms with Gasteiger partial charge in [0.25, 0.3) is 5.91 Å². The van der Waals surface area contributed by atoms with Crippen LogP contribution in [0.4, 0.5) is 0 Å². The van der Waals surface area contributed by atoms with Crippen molar-refractivity contribution >= 4 is 5.91 Å². The SMILES string of the molecule is O=C(NCCO)C(Cn1ccnc1)[N+](=O)[O-]. The van der Waals surface area contributed by atoms with E-state index in [2.05, 4.69) is 10.3 Å². The molecule has 8 heteroatoms. The summed E-state index contributed by atoms with van der Waals surface area (Å²) in [6.07, 6.45) is 4.41. The minimum Gasteiger partial charge on any atom is -0.395 e. The van der Waals surface area contributed by atoms with Gasteiger partial charge in [-0.2, -0.15) is 0 Å². The highest BCUT2D eigenvalue weighted by Gasteiger charge is 2.29. The highest BCUT2D eigenvalue weighted by Crippen LogP contribution is 1.97. The molecule has 2 N–H and O–H groups in total. The number of hydrogen-bond acceptors (Lipinski definition) is 5. The first kappa shape index (κ1) is 12.1. The van der Waals surface area contributed by atoms with Crippen LogP contribution in [0.15, 0.2) is 18.7 Å². The van der Waals surface area contributed by atoms with E-state index in [4.69, 9.17) is 5.11 Å². The molecule has 0 bridgehead atoms. The van der Waals surface area contributed by atoms with Crippen LogP contribution in [0.25, 0.3) is 0 Å². The molecule has 1 atom stereocenters. The summed E-state index contributed by atoms with van der Waals surface area (Å²) in [7, 11) is 0. The maximum absolute atomic E-state index is 11.4. The lowest BCUT2D eigenvalue weighted by Crippen LogP contribution is -2.43. The Labute approximate surface area is 91.1 Å². The Kier molecular flexibility index (Phi) is 4.40. The van der Waals surface area contributed by atoms with Crippen LogP contribution >= 0.6 is 0 Å².